The van der Waals surface area contributed by atoms with Crippen molar-refractivity contribution in [3.05, 3.63) is 0 Å². The minimum Gasteiger partial charge on any atom is -0.385 e. The maximum atomic E-state index is 7.74. The summed E-state index contributed by atoms with van der Waals surface area (Å²) in [5, 5.41) is 7.74. The third-order valence-electron chi connectivity index (χ3n) is 0.584. The minimum absolute atomic E-state index is 0.355. The highest BCUT2D eigenvalue weighted by Gasteiger charge is 1.81. The van der Waals surface area contributed by atoms with E-state index in [-0.39, 0.29) is 0 Å². The van der Waals surface area contributed by atoms with Gasteiger partial charge in [0.15, 0.2) is 0 Å². The second kappa shape index (κ2) is 5.88. The molecule has 0 atom stereocenters. The Morgan fingerprint density at radius 3 is 2.57 bits per heavy atom. The first-order valence-electron chi connectivity index (χ1n) is 2.17. The van der Waals surface area contributed by atoms with Crippen molar-refractivity contribution in [2.24, 2.45) is 0 Å². The van der Waals surface area contributed by atoms with E-state index in [4.69, 9.17) is 5.26 Å². The van der Waals surface area contributed by atoms with Gasteiger partial charge in [0.2, 0.25) is 0 Å². The maximum Gasteiger partial charge on any atom is 0.0841 e. The van der Waals surface area contributed by atoms with Crippen LogP contribution in [0.4, 0.5) is 0 Å². The van der Waals surface area contributed by atoms with Crippen molar-refractivity contribution >= 4 is 0 Å². The lowest BCUT2D eigenvalue weighted by Gasteiger charge is -1.92. The lowest BCUT2D eigenvalue weighted by atomic mass is 10.5. The minimum atomic E-state index is 0.355. The summed E-state index contributed by atoms with van der Waals surface area (Å²) in [5.41, 5.74) is 0. The number of hydrogen-bond acceptors (Lipinski definition) is 3. The van der Waals surface area contributed by atoms with Crippen LogP contribution in [0, 0.1) is 0 Å². The Morgan fingerprint density at radius 2 is 2.14 bits per heavy atom. The summed E-state index contributed by atoms with van der Waals surface area (Å²) in [6.07, 6.45) is 0.743. The van der Waals surface area contributed by atoms with Gasteiger partial charge in [-0.2, -0.15) is 0 Å². The van der Waals surface area contributed by atoms with Gasteiger partial charge in [-0.1, -0.05) is 0 Å². The molecule has 0 heterocycles. The van der Waals surface area contributed by atoms with Crippen LogP contribution >= 0.6 is 0 Å². The highest BCUT2D eigenvalue weighted by atomic mass is 17.1. The van der Waals surface area contributed by atoms with Gasteiger partial charge in [-0.25, -0.2) is 4.89 Å². The molecule has 44 valence electrons. The molecule has 0 aliphatic heterocycles. The van der Waals surface area contributed by atoms with Crippen LogP contribution in [0.25, 0.3) is 0 Å². The molecule has 1 N–H and O–H groups in total. The molecular formula is C4H10O3. The Bertz CT molecular complexity index is 26.1. The summed E-state index contributed by atoms with van der Waals surface area (Å²) >= 11 is 0. The molecule has 0 aromatic heterocycles. The predicted octanol–water partition coefficient (Wildman–Crippen LogP) is 0.512. The van der Waals surface area contributed by atoms with Crippen LogP contribution in [0.2, 0.25) is 0 Å². The van der Waals surface area contributed by atoms with Gasteiger partial charge >= 0.3 is 0 Å². The average Bonchev–Trinajstić information content (AvgIpc) is 1.69. The van der Waals surface area contributed by atoms with E-state index in [0.717, 1.165) is 6.42 Å². The summed E-state index contributed by atoms with van der Waals surface area (Å²) in [5.74, 6) is 0. The average molecular weight is 106 g/mol. The first kappa shape index (κ1) is 6.88. The Balaban J connectivity index is 2.45. The van der Waals surface area contributed by atoms with E-state index < -0.39 is 0 Å². The number of ether oxygens (including phenoxy) is 1. The normalized spacial score (nSPS) is 9.43. The van der Waals surface area contributed by atoms with E-state index in [0.29, 0.717) is 13.2 Å². The highest BCUT2D eigenvalue weighted by molar-refractivity contribution is 4.26. The van der Waals surface area contributed by atoms with Crippen molar-refractivity contribution in [3.63, 3.8) is 0 Å². The van der Waals surface area contributed by atoms with Gasteiger partial charge in [0, 0.05) is 13.7 Å². The SMILES string of the molecule is COCCCOO. The van der Waals surface area contributed by atoms with E-state index in [1.807, 2.05) is 0 Å². The fourth-order valence-corrected chi connectivity index (χ4v) is 0.268. The molecule has 0 saturated heterocycles. The molecule has 0 aliphatic rings. The predicted molar refractivity (Wildman–Crippen MR) is 25.1 cm³/mol. The van der Waals surface area contributed by atoms with Crippen molar-refractivity contribution in [1.82, 2.24) is 0 Å². The Kier molecular flexibility index (Phi) is 5.78. The highest BCUT2D eigenvalue weighted by Crippen LogP contribution is 1.77. The second-order valence-corrected chi connectivity index (χ2v) is 1.18. The first-order valence-corrected chi connectivity index (χ1v) is 2.17. The third-order valence-corrected chi connectivity index (χ3v) is 0.584. The van der Waals surface area contributed by atoms with Crippen LogP contribution in [-0.4, -0.2) is 25.6 Å². The standard InChI is InChI=1S/C4H10O3/c1-6-3-2-4-7-5/h5H,2-4H2,1H3. The van der Waals surface area contributed by atoms with Gasteiger partial charge < -0.3 is 4.74 Å². The molecule has 0 aliphatic carbocycles. The molecule has 0 amide bonds. The fraction of sp³-hybridized carbons (Fsp3) is 1.00. The zero-order valence-corrected chi connectivity index (χ0v) is 4.39. The second-order valence-electron chi connectivity index (χ2n) is 1.18. The Hall–Kier alpha value is -0.120. The molecule has 0 bridgehead atoms. The van der Waals surface area contributed by atoms with Crippen LogP contribution in [0.15, 0.2) is 0 Å². The molecule has 0 unspecified atom stereocenters. The Labute approximate surface area is 42.8 Å². The van der Waals surface area contributed by atoms with Gasteiger partial charge in [0.05, 0.1) is 6.61 Å². The molecule has 0 fully saturated rings. The molecule has 3 nitrogen and oxygen atoms in total. The van der Waals surface area contributed by atoms with Crippen molar-refractivity contribution in [2.45, 2.75) is 6.42 Å². The van der Waals surface area contributed by atoms with Crippen LogP contribution < -0.4 is 0 Å². The molecule has 0 radical (unpaired) electrons. The first-order chi connectivity index (χ1) is 3.41. The lowest BCUT2D eigenvalue weighted by molar-refractivity contribution is -0.243. The molecule has 0 spiro atoms. The summed E-state index contributed by atoms with van der Waals surface area (Å²) < 4.78 is 4.65. The molecule has 0 saturated carbocycles. The van der Waals surface area contributed by atoms with Gasteiger partial charge in [0.1, 0.15) is 0 Å². The number of hydrogen-bond donors (Lipinski definition) is 1. The third kappa shape index (κ3) is 5.88. The van der Waals surface area contributed by atoms with Crippen LogP contribution in [0.5, 0.6) is 0 Å². The zero-order valence-electron chi connectivity index (χ0n) is 4.39. The van der Waals surface area contributed by atoms with E-state index in [1.54, 1.807) is 7.11 Å². The summed E-state index contributed by atoms with van der Waals surface area (Å²) in [4.78, 5) is 3.76. The van der Waals surface area contributed by atoms with E-state index in [1.165, 1.54) is 0 Å². The molecule has 0 aromatic rings. The van der Waals surface area contributed by atoms with Crippen molar-refractivity contribution in [2.75, 3.05) is 20.3 Å². The molecular weight excluding hydrogens is 96.0 g/mol. The monoisotopic (exact) mass is 106 g/mol. The summed E-state index contributed by atoms with van der Waals surface area (Å²) in [6, 6.07) is 0. The van der Waals surface area contributed by atoms with E-state index in [9.17, 15) is 0 Å². The summed E-state index contributed by atoms with van der Waals surface area (Å²) in [7, 11) is 1.61. The van der Waals surface area contributed by atoms with E-state index >= 15 is 0 Å². The van der Waals surface area contributed by atoms with Gasteiger partial charge in [-0.05, 0) is 6.42 Å². The van der Waals surface area contributed by atoms with Gasteiger partial charge in [-0.15, -0.1) is 0 Å². The Morgan fingerprint density at radius 1 is 1.43 bits per heavy atom. The summed E-state index contributed by atoms with van der Waals surface area (Å²) in [6.45, 7) is 0.994. The molecule has 3 heteroatoms. The zero-order chi connectivity index (χ0) is 5.54. The van der Waals surface area contributed by atoms with Crippen molar-refractivity contribution in [3.8, 4) is 0 Å². The maximum absolute atomic E-state index is 7.74. The number of methoxy groups -OCH3 is 1. The fourth-order valence-electron chi connectivity index (χ4n) is 0.268. The quantitative estimate of drug-likeness (QED) is 0.322. The van der Waals surface area contributed by atoms with Crippen LogP contribution in [0.1, 0.15) is 6.42 Å². The lowest BCUT2D eigenvalue weighted by Crippen LogP contribution is -1.94. The van der Waals surface area contributed by atoms with Crippen LogP contribution in [0.3, 0.4) is 0 Å². The smallest absolute Gasteiger partial charge is 0.0841 e. The topological polar surface area (TPSA) is 38.7 Å². The van der Waals surface area contributed by atoms with Gasteiger partial charge in [-0.3, -0.25) is 5.26 Å². The van der Waals surface area contributed by atoms with Crippen molar-refractivity contribution in [1.29, 1.82) is 0 Å². The van der Waals surface area contributed by atoms with Crippen molar-refractivity contribution < 1.29 is 14.9 Å². The molecule has 0 rings (SSSR count). The number of rotatable bonds is 4. The molecule has 7 heavy (non-hydrogen) atoms. The molecule has 0 aromatic carbocycles. The van der Waals surface area contributed by atoms with Crippen LogP contribution in [-0.2, 0) is 9.62 Å². The largest absolute Gasteiger partial charge is 0.385 e. The van der Waals surface area contributed by atoms with E-state index in [2.05, 4.69) is 9.62 Å². The van der Waals surface area contributed by atoms with Gasteiger partial charge in [0.25, 0.3) is 0 Å².